The number of aliphatic hydroxyl groups excluding tert-OH is 2. The van der Waals surface area contributed by atoms with E-state index in [9.17, 15) is 19.8 Å². The molecule has 0 radical (unpaired) electrons. The summed E-state index contributed by atoms with van der Waals surface area (Å²) in [6, 6.07) is -0.539. The predicted octanol–water partition coefficient (Wildman–Crippen LogP) is 26.5. The third kappa shape index (κ3) is 71.9. The molecular weight excluding hydrogens is 1050 g/mol. The highest BCUT2D eigenvalue weighted by atomic mass is 16.5. The lowest BCUT2D eigenvalue weighted by molar-refractivity contribution is -0.143. The van der Waals surface area contributed by atoms with Crippen molar-refractivity contribution in [2.75, 3.05) is 13.2 Å². The van der Waals surface area contributed by atoms with Gasteiger partial charge in [-0.3, -0.25) is 9.59 Å². The summed E-state index contributed by atoms with van der Waals surface area (Å²) in [4.78, 5) is 24.7. The largest absolute Gasteiger partial charge is 0.466 e. The molecule has 0 aliphatic carbocycles. The molecule has 0 heterocycles. The van der Waals surface area contributed by atoms with Crippen LogP contribution in [0.4, 0.5) is 0 Å². The fraction of sp³-hybridized carbons (Fsp3) is 0.975. The molecule has 2 unspecified atom stereocenters. The van der Waals surface area contributed by atoms with E-state index in [-0.39, 0.29) is 18.5 Å². The van der Waals surface area contributed by atoms with Crippen molar-refractivity contribution < 1.29 is 24.5 Å². The molecule has 0 bridgehead atoms. The summed E-state index contributed by atoms with van der Waals surface area (Å²) in [7, 11) is 0. The van der Waals surface area contributed by atoms with Gasteiger partial charge in [-0.25, -0.2) is 0 Å². The second-order valence-electron chi connectivity index (χ2n) is 28.1. The lowest BCUT2D eigenvalue weighted by Crippen LogP contribution is -2.45. The van der Waals surface area contributed by atoms with Crippen LogP contribution in [0, 0.1) is 0 Å². The van der Waals surface area contributed by atoms with Gasteiger partial charge in [0.2, 0.25) is 5.91 Å². The lowest BCUT2D eigenvalue weighted by atomic mass is 10.0. The maximum atomic E-state index is 12.6. The van der Waals surface area contributed by atoms with Gasteiger partial charge in [0.1, 0.15) is 0 Å². The van der Waals surface area contributed by atoms with Crippen molar-refractivity contribution in [1.82, 2.24) is 5.32 Å². The highest BCUT2D eigenvalue weighted by molar-refractivity contribution is 5.76. The number of hydrogen-bond acceptors (Lipinski definition) is 5. The fourth-order valence-electron chi connectivity index (χ4n) is 13.3. The van der Waals surface area contributed by atoms with E-state index in [1.165, 1.54) is 405 Å². The molecule has 0 aliphatic rings. The Bertz CT molecular complexity index is 1260. The molecule has 6 heteroatoms. The van der Waals surface area contributed by atoms with Gasteiger partial charge >= 0.3 is 5.97 Å². The number of rotatable bonds is 77. The predicted molar refractivity (Wildman–Crippen MR) is 380 cm³/mol. The number of ether oxygens (including phenoxy) is 1. The first-order valence-corrected chi connectivity index (χ1v) is 40.3. The summed E-state index contributed by atoms with van der Waals surface area (Å²) >= 11 is 0. The molecule has 2 atom stereocenters. The van der Waals surface area contributed by atoms with Crippen LogP contribution in [0.3, 0.4) is 0 Å². The Kier molecular flexibility index (Phi) is 75.3. The van der Waals surface area contributed by atoms with Gasteiger partial charge in [-0.15, -0.1) is 0 Å². The summed E-state index contributed by atoms with van der Waals surface area (Å²) in [6.07, 6.45) is 94.8. The van der Waals surface area contributed by atoms with Crippen molar-refractivity contribution in [3.8, 4) is 0 Å². The number of nitrogens with one attached hydrogen (secondary N) is 1. The van der Waals surface area contributed by atoms with E-state index < -0.39 is 12.1 Å². The SMILES string of the molecule is CCCCCCCCCCCCCCCCCCCCCCCCCCC(O)C(CO)NC(=O)CCCCCCCCCCCCCCCCCCCCCCCCCCCCCCCCOC(=O)CCCCCCCCCCCCCCCCC. The van der Waals surface area contributed by atoms with E-state index in [0.717, 1.165) is 38.5 Å². The zero-order valence-electron chi connectivity index (χ0n) is 59.1. The zero-order valence-corrected chi connectivity index (χ0v) is 59.1. The summed E-state index contributed by atoms with van der Waals surface area (Å²) in [5.74, 6) is 0.000323. The van der Waals surface area contributed by atoms with Crippen LogP contribution in [0.15, 0.2) is 0 Å². The monoisotopic (exact) mass is 1210 g/mol. The summed E-state index contributed by atoms with van der Waals surface area (Å²) in [5.41, 5.74) is 0. The van der Waals surface area contributed by atoms with Gasteiger partial charge in [0.05, 0.1) is 25.4 Å². The first kappa shape index (κ1) is 84.9. The third-order valence-corrected chi connectivity index (χ3v) is 19.4. The van der Waals surface area contributed by atoms with Crippen molar-refractivity contribution in [3.05, 3.63) is 0 Å². The lowest BCUT2D eigenvalue weighted by Gasteiger charge is -2.22. The molecule has 86 heavy (non-hydrogen) atoms. The van der Waals surface area contributed by atoms with Crippen LogP contribution in [0.25, 0.3) is 0 Å². The van der Waals surface area contributed by atoms with Gasteiger partial charge in [0.15, 0.2) is 0 Å². The topological polar surface area (TPSA) is 95.9 Å². The van der Waals surface area contributed by atoms with Crippen molar-refractivity contribution >= 4 is 11.9 Å². The van der Waals surface area contributed by atoms with Crippen molar-refractivity contribution in [2.45, 2.75) is 488 Å². The van der Waals surface area contributed by atoms with E-state index in [1.807, 2.05) is 0 Å². The van der Waals surface area contributed by atoms with Crippen LogP contribution in [-0.2, 0) is 14.3 Å². The first-order valence-electron chi connectivity index (χ1n) is 40.3. The Hall–Kier alpha value is -1.14. The number of carbonyl (C=O) groups is 2. The second-order valence-corrected chi connectivity index (χ2v) is 28.1. The molecule has 0 saturated carbocycles. The number of carbonyl (C=O) groups excluding carboxylic acids is 2. The van der Waals surface area contributed by atoms with Gasteiger partial charge in [0.25, 0.3) is 0 Å². The Morgan fingerprint density at radius 3 is 0.709 bits per heavy atom. The summed E-state index contributed by atoms with van der Waals surface area (Å²) in [6.45, 7) is 5.02. The first-order chi connectivity index (χ1) is 42.5. The minimum Gasteiger partial charge on any atom is -0.466 e. The van der Waals surface area contributed by atoms with Crippen LogP contribution in [-0.4, -0.2) is 47.4 Å². The standard InChI is InChI=1S/C80H159NO5/c1-3-5-7-9-11-13-15-17-19-20-21-22-23-32-35-38-41-45-48-52-56-60-64-68-72-78(83)77(76-82)81-79(84)73-69-65-61-57-53-49-46-42-39-36-33-30-28-26-24-25-27-29-31-34-37-40-43-47-51-55-59-63-67-71-75-86-80(85)74-70-66-62-58-54-50-44-18-16-14-12-10-8-6-4-2/h77-78,82-83H,3-76H2,1-2H3,(H,81,84). The highest BCUT2D eigenvalue weighted by Gasteiger charge is 2.20. The Balaban J connectivity index is 3.32. The Morgan fingerprint density at radius 2 is 0.477 bits per heavy atom. The molecule has 3 N–H and O–H groups in total. The number of amides is 1. The number of aliphatic hydroxyl groups is 2. The number of unbranched alkanes of at least 4 members (excludes halogenated alkanes) is 66. The minimum absolute atomic E-state index is 0.0244. The fourth-order valence-corrected chi connectivity index (χ4v) is 13.3. The van der Waals surface area contributed by atoms with E-state index in [2.05, 4.69) is 19.2 Å². The van der Waals surface area contributed by atoms with Crippen molar-refractivity contribution in [1.29, 1.82) is 0 Å². The summed E-state index contributed by atoms with van der Waals surface area (Å²) < 4.78 is 5.51. The normalized spacial score (nSPS) is 12.4. The average molecular weight is 1220 g/mol. The molecule has 1 amide bonds. The number of hydrogen-bond donors (Lipinski definition) is 3. The molecule has 0 aliphatic heterocycles. The van der Waals surface area contributed by atoms with Crippen molar-refractivity contribution in [3.63, 3.8) is 0 Å². The second kappa shape index (κ2) is 76.3. The summed E-state index contributed by atoms with van der Waals surface area (Å²) in [5, 5.41) is 23.5. The molecule has 0 aromatic carbocycles. The van der Waals surface area contributed by atoms with Crippen LogP contribution in [0.1, 0.15) is 476 Å². The molecule has 6 nitrogen and oxygen atoms in total. The smallest absolute Gasteiger partial charge is 0.305 e. The van der Waals surface area contributed by atoms with Gasteiger partial charge in [0, 0.05) is 12.8 Å². The van der Waals surface area contributed by atoms with Crippen LogP contribution in [0.2, 0.25) is 0 Å². The van der Waals surface area contributed by atoms with Gasteiger partial charge in [-0.1, -0.05) is 438 Å². The van der Waals surface area contributed by atoms with Crippen LogP contribution in [0.5, 0.6) is 0 Å². The highest BCUT2D eigenvalue weighted by Crippen LogP contribution is 2.21. The van der Waals surface area contributed by atoms with E-state index in [4.69, 9.17) is 4.74 Å². The Labute approximate surface area is 540 Å². The molecule has 0 aromatic heterocycles. The maximum absolute atomic E-state index is 12.6. The van der Waals surface area contributed by atoms with Crippen LogP contribution < -0.4 is 5.32 Å². The minimum atomic E-state index is -0.662. The molecule has 0 spiro atoms. The van der Waals surface area contributed by atoms with E-state index >= 15 is 0 Å². The van der Waals surface area contributed by atoms with Crippen LogP contribution >= 0.6 is 0 Å². The molecule has 0 fully saturated rings. The molecule has 0 rings (SSSR count). The Morgan fingerprint density at radius 1 is 0.279 bits per heavy atom. The molecule has 0 aromatic rings. The zero-order chi connectivity index (χ0) is 62.0. The quantitative estimate of drug-likeness (QED) is 0.0417. The van der Waals surface area contributed by atoms with E-state index in [0.29, 0.717) is 25.9 Å². The van der Waals surface area contributed by atoms with Gasteiger partial charge < -0.3 is 20.3 Å². The van der Waals surface area contributed by atoms with Crippen molar-refractivity contribution in [2.24, 2.45) is 0 Å². The maximum Gasteiger partial charge on any atom is 0.305 e. The average Bonchev–Trinajstić information content (AvgIpc) is 3.52. The third-order valence-electron chi connectivity index (χ3n) is 19.4. The number of esters is 1. The van der Waals surface area contributed by atoms with Gasteiger partial charge in [-0.2, -0.15) is 0 Å². The van der Waals surface area contributed by atoms with E-state index in [1.54, 1.807) is 0 Å². The molecular formula is C80H159NO5. The molecule has 514 valence electrons. The van der Waals surface area contributed by atoms with Gasteiger partial charge in [-0.05, 0) is 25.7 Å². The molecule has 0 saturated heterocycles.